The number of hydrogen-bond donors (Lipinski definition) is 1. The highest BCUT2D eigenvalue weighted by atomic mass is 32.1. The number of nitrogens with zero attached hydrogens (tertiary/aromatic N) is 3. The average molecular weight is 443 g/mol. The van der Waals surface area contributed by atoms with Crippen LogP contribution in [0.15, 0.2) is 71.3 Å². The second-order valence-corrected chi connectivity index (χ2v) is 9.23. The first-order valence-corrected chi connectivity index (χ1v) is 11.9. The van der Waals surface area contributed by atoms with Crippen molar-refractivity contribution in [3.63, 3.8) is 0 Å². The highest BCUT2D eigenvalue weighted by molar-refractivity contribution is 7.17. The molecule has 6 heteroatoms. The molecule has 162 valence electrons. The first-order chi connectivity index (χ1) is 15.7. The Morgan fingerprint density at radius 1 is 1.12 bits per heavy atom. The van der Waals surface area contributed by atoms with E-state index in [1.165, 1.54) is 28.0 Å². The van der Waals surface area contributed by atoms with Crippen LogP contribution >= 0.6 is 11.3 Å². The van der Waals surface area contributed by atoms with Gasteiger partial charge in [0.25, 0.3) is 5.91 Å². The number of aryl methyl sites for hydroxylation is 1. The van der Waals surface area contributed by atoms with Gasteiger partial charge in [-0.25, -0.2) is 9.99 Å². The number of fused-ring (bicyclic) bond motifs is 1. The van der Waals surface area contributed by atoms with Crippen molar-refractivity contribution in [1.29, 1.82) is 0 Å². The van der Waals surface area contributed by atoms with Crippen molar-refractivity contribution in [1.82, 2.24) is 10.3 Å². The van der Waals surface area contributed by atoms with Crippen LogP contribution in [0.1, 0.15) is 51.8 Å². The molecule has 2 aliphatic rings. The monoisotopic (exact) mass is 442 g/mol. The zero-order valence-electron chi connectivity index (χ0n) is 18.3. The number of amides is 1. The Labute approximate surface area is 192 Å². The lowest BCUT2D eigenvalue weighted by atomic mass is 9.77. The Morgan fingerprint density at radius 3 is 2.56 bits per heavy atom. The lowest BCUT2D eigenvalue weighted by Crippen LogP contribution is -2.28. The Hall–Kier alpha value is -3.25. The number of nitrogens with one attached hydrogen (secondary N) is 1. The van der Waals surface area contributed by atoms with E-state index in [9.17, 15) is 4.79 Å². The van der Waals surface area contributed by atoms with Crippen molar-refractivity contribution in [2.45, 2.75) is 32.2 Å². The topological polar surface area (TPSA) is 57.6 Å². The number of benzene rings is 2. The van der Waals surface area contributed by atoms with E-state index < -0.39 is 0 Å². The molecule has 2 heterocycles. The van der Waals surface area contributed by atoms with Crippen LogP contribution in [0.25, 0.3) is 6.08 Å². The SMILES string of the molecule is CNC(=O)c1sc(N2N=C3/C(=C/c4ccccc4)CCC[C@@H]3[C@H]2c2ccccc2)nc1C. The molecular formula is C26H26N4OS. The minimum atomic E-state index is -0.101. The number of hydrazone groups is 1. The Bertz CT molecular complexity index is 1180. The fraction of sp³-hybridized carbons (Fsp3) is 0.269. The number of carbonyl (C=O) groups excluding carboxylic acids is 1. The molecule has 0 saturated heterocycles. The highest BCUT2D eigenvalue weighted by Gasteiger charge is 2.43. The molecule has 1 N–H and O–H groups in total. The lowest BCUT2D eigenvalue weighted by molar-refractivity contribution is 0.0966. The summed E-state index contributed by atoms with van der Waals surface area (Å²) in [6, 6.07) is 21.1. The molecule has 0 spiro atoms. The predicted octanol–water partition coefficient (Wildman–Crippen LogP) is 5.61. The van der Waals surface area contributed by atoms with Gasteiger partial charge >= 0.3 is 0 Å². The minimum absolute atomic E-state index is 0.0776. The normalized spacial score (nSPS) is 21.4. The van der Waals surface area contributed by atoms with Gasteiger partial charge in [-0.2, -0.15) is 5.10 Å². The van der Waals surface area contributed by atoms with Crippen LogP contribution in [-0.2, 0) is 0 Å². The molecule has 1 amide bonds. The number of carbonyl (C=O) groups is 1. The van der Waals surface area contributed by atoms with E-state index in [-0.39, 0.29) is 11.9 Å². The smallest absolute Gasteiger partial charge is 0.263 e. The largest absolute Gasteiger partial charge is 0.354 e. The summed E-state index contributed by atoms with van der Waals surface area (Å²) in [7, 11) is 1.65. The Kier molecular flexibility index (Phi) is 5.62. The van der Waals surface area contributed by atoms with Gasteiger partial charge < -0.3 is 5.32 Å². The number of anilines is 1. The summed E-state index contributed by atoms with van der Waals surface area (Å²) in [6.07, 6.45) is 5.53. The maximum atomic E-state index is 12.3. The van der Waals surface area contributed by atoms with Crippen molar-refractivity contribution in [3.05, 3.63) is 87.9 Å². The molecule has 0 bridgehead atoms. The van der Waals surface area contributed by atoms with Crippen LogP contribution in [0.3, 0.4) is 0 Å². The molecule has 2 aromatic carbocycles. The van der Waals surface area contributed by atoms with Crippen LogP contribution in [0.2, 0.25) is 0 Å². The summed E-state index contributed by atoms with van der Waals surface area (Å²) in [6.45, 7) is 1.89. The minimum Gasteiger partial charge on any atom is -0.354 e. The van der Waals surface area contributed by atoms with Gasteiger partial charge in [0.15, 0.2) is 0 Å². The van der Waals surface area contributed by atoms with Crippen LogP contribution in [-0.4, -0.2) is 23.7 Å². The predicted molar refractivity (Wildman–Crippen MR) is 131 cm³/mol. The maximum absolute atomic E-state index is 12.3. The van der Waals surface area contributed by atoms with Crippen LogP contribution < -0.4 is 10.3 Å². The molecule has 32 heavy (non-hydrogen) atoms. The summed E-state index contributed by atoms with van der Waals surface area (Å²) in [5.74, 6) is 0.199. The molecule has 0 unspecified atom stereocenters. The Balaban J connectivity index is 1.60. The van der Waals surface area contributed by atoms with E-state index in [0.29, 0.717) is 10.8 Å². The van der Waals surface area contributed by atoms with Crippen molar-refractivity contribution in [2.75, 3.05) is 12.1 Å². The summed E-state index contributed by atoms with van der Waals surface area (Å²) in [4.78, 5) is 17.7. The molecule has 5 rings (SSSR count). The fourth-order valence-electron chi connectivity index (χ4n) is 4.70. The standard InChI is InChI=1S/C26H26N4OS/c1-17-24(25(31)27-2)32-26(28-17)30-23(19-12-7-4-8-13-19)21-15-9-14-20(22(21)29-30)16-18-10-5-3-6-11-18/h3-8,10-13,16,21,23H,9,14-15H2,1-2H3,(H,27,31)/b20-16+/t21-,23+/m0/s1. The number of allylic oxidation sites excluding steroid dienone is 1. The summed E-state index contributed by atoms with van der Waals surface area (Å²) >= 11 is 1.41. The third kappa shape index (κ3) is 3.75. The summed E-state index contributed by atoms with van der Waals surface area (Å²) in [5.41, 5.74) is 5.63. The van der Waals surface area contributed by atoms with Gasteiger partial charge in [-0.05, 0) is 49.0 Å². The van der Waals surface area contributed by atoms with Crippen molar-refractivity contribution in [2.24, 2.45) is 11.0 Å². The number of hydrogen-bond acceptors (Lipinski definition) is 5. The maximum Gasteiger partial charge on any atom is 0.263 e. The highest BCUT2D eigenvalue weighted by Crippen LogP contribution is 2.47. The average Bonchev–Trinajstić information content (AvgIpc) is 3.41. The van der Waals surface area contributed by atoms with Gasteiger partial charge in [-0.1, -0.05) is 72.0 Å². The van der Waals surface area contributed by atoms with Crippen LogP contribution in [0.5, 0.6) is 0 Å². The molecule has 0 radical (unpaired) electrons. The number of thiazole rings is 1. The quantitative estimate of drug-likeness (QED) is 0.571. The molecule has 1 aromatic heterocycles. The Morgan fingerprint density at radius 2 is 1.84 bits per heavy atom. The molecule has 1 aliphatic carbocycles. The second kappa shape index (κ2) is 8.71. The summed E-state index contributed by atoms with van der Waals surface area (Å²) in [5, 5.41) is 10.7. The van der Waals surface area contributed by atoms with Crippen LogP contribution in [0, 0.1) is 12.8 Å². The van der Waals surface area contributed by atoms with E-state index in [1.54, 1.807) is 7.05 Å². The second-order valence-electron chi connectivity index (χ2n) is 8.25. The van der Waals surface area contributed by atoms with E-state index in [1.807, 2.05) is 19.1 Å². The van der Waals surface area contributed by atoms with Crippen molar-refractivity contribution >= 4 is 34.2 Å². The van der Waals surface area contributed by atoms with Crippen molar-refractivity contribution < 1.29 is 4.79 Å². The molecule has 5 nitrogen and oxygen atoms in total. The molecule has 3 aromatic rings. The third-order valence-electron chi connectivity index (χ3n) is 6.20. The number of aromatic nitrogens is 1. The van der Waals surface area contributed by atoms with E-state index >= 15 is 0 Å². The van der Waals surface area contributed by atoms with Gasteiger partial charge in [0.05, 0.1) is 17.4 Å². The lowest BCUT2D eigenvalue weighted by Gasteiger charge is -2.29. The van der Waals surface area contributed by atoms with E-state index in [4.69, 9.17) is 10.1 Å². The zero-order valence-corrected chi connectivity index (χ0v) is 19.1. The third-order valence-corrected chi connectivity index (χ3v) is 7.34. The van der Waals surface area contributed by atoms with Gasteiger partial charge in [0.1, 0.15) is 4.88 Å². The first kappa shape index (κ1) is 20.6. The van der Waals surface area contributed by atoms with Gasteiger partial charge in [-0.15, -0.1) is 0 Å². The molecule has 2 atom stereocenters. The molecule has 1 fully saturated rings. The number of rotatable bonds is 4. The molecule has 1 saturated carbocycles. The van der Waals surface area contributed by atoms with E-state index in [0.717, 1.165) is 35.8 Å². The fourth-order valence-corrected chi connectivity index (χ4v) is 5.70. The summed E-state index contributed by atoms with van der Waals surface area (Å²) < 4.78 is 0. The van der Waals surface area contributed by atoms with Gasteiger partial charge in [0, 0.05) is 13.0 Å². The first-order valence-electron chi connectivity index (χ1n) is 11.0. The van der Waals surface area contributed by atoms with Crippen LogP contribution in [0.4, 0.5) is 5.13 Å². The van der Waals surface area contributed by atoms with Crippen molar-refractivity contribution in [3.8, 4) is 0 Å². The van der Waals surface area contributed by atoms with Gasteiger partial charge in [0.2, 0.25) is 5.13 Å². The van der Waals surface area contributed by atoms with E-state index in [2.05, 4.69) is 64.9 Å². The zero-order chi connectivity index (χ0) is 22.1. The van der Waals surface area contributed by atoms with Gasteiger partial charge in [-0.3, -0.25) is 4.79 Å². The molecular weight excluding hydrogens is 416 g/mol. The molecule has 1 aliphatic heterocycles.